The Morgan fingerprint density at radius 3 is 2.73 bits per heavy atom. The summed E-state index contributed by atoms with van der Waals surface area (Å²) in [6, 6.07) is 13.2. The zero-order chi connectivity index (χ0) is 20.7. The maximum atomic E-state index is 12.7. The SMILES string of the molecule is COc1ccc(C(C)N2CC(c3noc(-c4ccc5c(c4)OCO5)n3)CC2=O)cc1. The number of carbonyl (C=O) groups excluding carboxylic acids is 1. The van der Waals surface area contributed by atoms with Crippen molar-refractivity contribution in [2.24, 2.45) is 0 Å². The van der Waals surface area contributed by atoms with E-state index in [9.17, 15) is 4.79 Å². The zero-order valence-corrected chi connectivity index (χ0v) is 16.7. The van der Waals surface area contributed by atoms with Crippen LogP contribution in [0, 0.1) is 0 Å². The normalized spacial score (nSPS) is 18.7. The Hall–Kier alpha value is -3.55. The standard InChI is InChI=1S/C22H21N3O5/c1-13(14-3-6-17(27-2)7-4-14)25-11-16(10-20(25)26)21-23-22(30-24-21)15-5-8-18-19(9-15)29-12-28-18/h3-9,13,16H,10-12H2,1-2H3. The van der Waals surface area contributed by atoms with Gasteiger partial charge in [-0.3, -0.25) is 4.79 Å². The predicted octanol–water partition coefficient (Wildman–Crippen LogP) is 3.55. The summed E-state index contributed by atoms with van der Waals surface area (Å²) in [6.45, 7) is 2.78. The van der Waals surface area contributed by atoms with Crippen LogP contribution in [0.5, 0.6) is 17.2 Å². The lowest BCUT2D eigenvalue weighted by molar-refractivity contribution is -0.129. The molecule has 154 valence electrons. The largest absolute Gasteiger partial charge is 0.497 e. The van der Waals surface area contributed by atoms with Crippen molar-refractivity contribution < 1.29 is 23.5 Å². The summed E-state index contributed by atoms with van der Waals surface area (Å²) >= 11 is 0. The second-order valence-electron chi connectivity index (χ2n) is 7.42. The maximum absolute atomic E-state index is 12.7. The van der Waals surface area contributed by atoms with Crippen LogP contribution in [0.1, 0.15) is 36.7 Å². The molecule has 2 unspecified atom stereocenters. The van der Waals surface area contributed by atoms with Crippen molar-refractivity contribution in [1.82, 2.24) is 15.0 Å². The van der Waals surface area contributed by atoms with Gasteiger partial charge in [-0.25, -0.2) is 0 Å². The Bertz CT molecular complexity index is 1080. The molecule has 0 aliphatic carbocycles. The van der Waals surface area contributed by atoms with Crippen LogP contribution >= 0.6 is 0 Å². The van der Waals surface area contributed by atoms with Crippen molar-refractivity contribution in [2.75, 3.05) is 20.4 Å². The monoisotopic (exact) mass is 407 g/mol. The van der Waals surface area contributed by atoms with Crippen LogP contribution in [-0.2, 0) is 4.79 Å². The van der Waals surface area contributed by atoms with E-state index >= 15 is 0 Å². The molecule has 0 saturated carbocycles. The van der Waals surface area contributed by atoms with Gasteiger partial charge in [0, 0.05) is 24.4 Å². The molecule has 1 saturated heterocycles. The molecule has 3 heterocycles. The van der Waals surface area contributed by atoms with E-state index in [1.807, 2.05) is 54.3 Å². The summed E-state index contributed by atoms with van der Waals surface area (Å²) in [5.41, 5.74) is 1.81. The number of amides is 1. The van der Waals surface area contributed by atoms with Crippen LogP contribution in [0.3, 0.4) is 0 Å². The van der Waals surface area contributed by atoms with Crippen molar-refractivity contribution in [3.63, 3.8) is 0 Å². The highest BCUT2D eigenvalue weighted by Crippen LogP contribution is 2.37. The fourth-order valence-electron chi connectivity index (χ4n) is 3.89. The fourth-order valence-corrected chi connectivity index (χ4v) is 3.89. The number of hydrogen-bond donors (Lipinski definition) is 0. The molecule has 0 radical (unpaired) electrons. The van der Waals surface area contributed by atoms with Gasteiger partial charge in [-0.15, -0.1) is 0 Å². The molecular weight excluding hydrogens is 386 g/mol. The molecule has 2 atom stereocenters. The topological polar surface area (TPSA) is 86.9 Å². The number of aromatic nitrogens is 2. The summed E-state index contributed by atoms with van der Waals surface area (Å²) in [4.78, 5) is 19.1. The second kappa shape index (κ2) is 7.37. The third-order valence-corrected chi connectivity index (χ3v) is 5.65. The molecule has 30 heavy (non-hydrogen) atoms. The number of likely N-dealkylation sites (tertiary alicyclic amines) is 1. The van der Waals surface area contributed by atoms with Gasteiger partial charge in [0.1, 0.15) is 5.75 Å². The van der Waals surface area contributed by atoms with Crippen LogP contribution in [0.25, 0.3) is 11.5 Å². The average molecular weight is 407 g/mol. The van der Waals surface area contributed by atoms with Crippen LogP contribution in [0.4, 0.5) is 0 Å². The molecule has 2 aliphatic heterocycles. The quantitative estimate of drug-likeness (QED) is 0.639. The van der Waals surface area contributed by atoms with Crippen molar-refractivity contribution in [2.45, 2.75) is 25.3 Å². The van der Waals surface area contributed by atoms with Crippen molar-refractivity contribution >= 4 is 5.91 Å². The van der Waals surface area contributed by atoms with Gasteiger partial charge < -0.3 is 23.6 Å². The van der Waals surface area contributed by atoms with Gasteiger partial charge in [0.2, 0.25) is 12.7 Å². The van der Waals surface area contributed by atoms with Gasteiger partial charge in [0.15, 0.2) is 17.3 Å². The molecular formula is C22H21N3O5. The number of carbonyl (C=O) groups is 1. The molecule has 2 aliphatic rings. The number of rotatable bonds is 5. The minimum atomic E-state index is -0.107. The van der Waals surface area contributed by atoms with E-state index in [4.69, 9.17) is 18.7 Å². The van der Waals surface area contributed by atoms with Crippen LogP contribution in [0.2, 0.25) is 0 Å². The number of fused-ring (bicyclic) bond motifs is 1. The lowest BCUT2D eigenvalue weighted by Gasteiger charge is -2.25. The summed E-state index contributed by atoms with van der Waals surface area (Å²) in [5, 5.41) is 4.14. The number of nitrogens with zero attached hydrogens (tertiary/aromatic N) is 3. The van der Waals surface area contributed by atoms with Gasteiger partial charge in [-0.2, -0.15) is 4.98 Å². The number of methoxy groups -OCH3 is 1. The van der Waals surface area contributed by atoms with E-state index in [2.05, 4.69) is 10.1 Å². The van der Waals surface area contributed by atoms with Crippen LogP contribution in [0.15, 0.2) is 47.0 Å². The summed E-state index contributed by atoms with van der Waals surface area (Å²) in [5.74, 6) is 3.06. The minimum Gasteiger partial charge on any atom is -0.497 e. The van der Waals surface area contributed by atoms with Gasteiger partial charge in [-0.1, -0.05) is 17.3 Å². The highest BCUT2D eigenvalue weighted by Gasteiger charge is 2.36. The molecule has 0 N–H and O–H groups in total. The summed E-state index contributed by atoms with van der Waals surface area (Å²) in [6.07, 6.45) is 0.362. The van der Waals surface area contributed by atoms with E-state index in [1.165, 1.54) is 0 Å². The molecule has 1 amide bonds. The smallest absolute Gasteiger partial charge is 0.258 e. The Balaban J connectivity index is 1.32. The maximum Gasteiger partial charge on any atom is 0.258 e. The number of hydrogen-bond acceptors (Lipinski definition) is 7. The van der Waals surface area contributed by atoms with Gasteiger partial charge >= 0.3 is 0 Å². The lowest BCUT2D eigenvalue weighted by Crippen LogP contribution is -2.28. The first-order valence-corrected chi connectivity index (χ1v) is 9.79. The van der Waals surface area contributed by atoms with E-state index in [0.29, 0.717) is 36.2 Å². The Labute approximate surface area is 173 Å². The highest BCUT2D eigenvalue weighted by molar-refractivity contribution is 5.80. The summed E-state index contributed by atoms with van der Waals surface area (Å²) < 4.78 is 21.4. The first kappa shape index (κ1) is 18.5. The number of ether oxygens (including phenoxy) is 3. The molecule has 1 aromatic heterocycles. The van der Waals surface area contributed by atoms with Crippen molar-refractivity contribution in [1.29, 1.82) is 0 Å². The van der Waals surface area contributed by atoms with Gasteiger partial charge in [0.05, 0.1) is 13.2 Å². The third kappa shape index (κ3) is 3.24. The molecule has 5 rings (SSSR count). The molecule has 3 aromatic rings. The third-order valence-electron chi connectivity index (χ3n) is 5.65. The molecule has 2 aromatic carbocycles. The average Bonchev–Trinajstić information content (AvgIpc) is 3.52. The molecule has 8 heteroatoms. The lowest BCUT2D eigenvalue weighted by atomic mass is 10.1. The van der Waals surface area contributed by atoms with Gasteiger partial charge in [-0.05, 0) is 42.8 Å². The van der Waals surface area contributed by atoms with Crippen LogP contribution < -0.4 is 14.2 Å². The predicted molar refractivity (Wildman–Crippen MR) is 106 cm³/mol. The zero-order valence-electron chi connectivity index (χ0n) is 16.7. The first-order valence-electron chi connectivity index (χ1n) is 9.79. The molecule has 8 nitrogen and oxygen atoms in total. The molecule has 0 bridgehead atoms. The van der Waals surface area contributed by atoms with Crippen molar-refractivity contribution in [3.8, 4) is 28.7 Å². The first-order chi connectivity index (χ1) is 14.6. The fraction of sp³-hybridized carbons (Fsp3) is 0.318. The van der Waals surface area contributed by atoms with E-state index < -0.39 is 0 Å². The van der Waals surface area contributed by atoms with Crippen molar-refractivity contribution in [3.05, 3.63) is 53.9 Å². The van der Waals surface area contributed by atoms with Gasteiger partial charge in [0.25, 0.3) is 5.89 Å². The van der Waals surface area contributed by atoms with E-state index in [-0.39, 0.29) is 24.7 Å². The molecule has 0 spiro atoms. The van der Waals surface area contributed by atoms with Crippen LogP contribution in [-0.4, -0.2) is 41.4 Å². The number of benzene rings is 2. The minimum absolute atomic E-state index is 0.0476. The van der Waals surface area contributed by atoms with E-state index in [1.54, 1.807) is 7.11 Å². The Kier molecular flexibility index (Phi) is 4.54. The highest BCUT2D eigenvalue weighted by atomic mass is 16.7. The Morgan fingerprint density at radius 2 is 1.93 bits per heavy atom. The van der Waals surface area contributed by atoms with E-state index in [0.717, 1.165) is 16.9 Å². The second-order valence-corrected chi connectivity index (χ2v) is 7.42. The Morgan fingerprint density at radius 1 is 1.13 bits per heavy atom. The molecule has 1 fully saturated rings. The summed E-state index contributed by atoms with van der Waals surface area (Å²) in [7, 11) is 1.63.